The topological polar surface area (TPSA) is 155 Å². The van der Waals surface area contributed by atoms with Gasteiger partial charge < -0.3 is 24.2 Å². The van der Waals surface area contributed by atoms with Crippen LogP contribution in [0.4, 0.5) is 0 Å². The van der Waals surface area contributed by atoms with Gasteiger partial charge in [0.25, 0.3) is 0 Å². The predicted molar refractivity (Wildman–Crippen MR) is 297 cm³/mol. The Morgan fingerprint density at radius 3 is 1.15 bits per heavy atom. The first-order chi connectivity index (χ1) is 35.2. The van der Waals surface area contributed by atoms with Gasteiger partial charge in [0.05, 0.1) is 19.8 Å². The molecule has 0 radical (unpaired) electrons. The van der Waals surface area contributed by atoms with E-state index in [-0.39, 0.29) is 25.9 Å². The molecule has 0 bridgehead atoms. The van der Waals surface area contributed by atoms with Gasteiger partial charge in [-0.2, -0.15) is 0 Å². The first kappa shape index (κ1) is 68.1. The van der Waals surface area contributed by atoms with Crippen molar-refractivity contribution in [2.24, 2.45) is 0 Å². The Kier molecular flexibility index (Phi) is 50.6. The zero-order valence-corrected chi connectivity index (χ0v) is 46.0. The number of unbranched alkanes of at least 4 members (excludes halogenated alkanes) is 15. The van der Waals surface area contributed by atoms with Crippen LogP contribution in [0.2, 0.25) is 0 Å². The second-order valence-corrected chi connectivity index (χ2v) is 19.4. The largest absolute Gasteiger partial charge is 0.472 e. The third-order valence-corrected chi connectivity index (χ3v) is 12.1. The lowest BCUT2D eigenvalue weighted by Crippen LogP contribution is -2.30. The maximum Gasteiger partial charge on any atom is 0.472 e. The summed E-state index contributed by atoms with van der Waals surface area (Å²) in [4.78, 5) is 48.4. The van der Waals surface area contributed by atoms with Crippen LogP contribution in [-0.2, 0) is 42.2 Å². The van der Waals surface area contributed by atoms with Gasteiger partial charge in [0.1, 0.15) is 12.7 Å². The molecule has 0 aliphatic carbocycles. The number of phosphoric ester groups is 1. The van der Waals surface area contributed by atoms with Crippen LogP contribution < -0.4 is 0 Å². The van der Waals surface area contributed by atoms with Crippen LogP contribution in [0.1, 0.15) is 213 Å². The summed E-state index contributed by atoms with van der Waals surface area (Å²) in [5.41, 5.74) is 0. The Morgan fingerprint density at radius 1 is 0.403 bits per heavy atom. The van der Waals surface area contributed by atoms with E-state index in [0.717, 1.165) is 116 Å². The number of phosphoric acid groups is 1. The van der Waals surface area contributed by atoms with Gasteiger partial charge in [-0.15, -0.1) is 0 Å². The molecule has 11 nitrogen and oxygen atoms in total. The van der Waals surface area contributed by atoms with Crippen molar-refractivity contribution in [3.8, 4) is 0 Å². The molecule has 0 aliphatic heterocycles. The SMILES string of the molecule is CC/C=C\C/C=C\C/C=C\C/C=C\CCCCC(=O)OC(CO)COP(=O)(O)OCC(COC(=O)CCCCCCC/C=C\CCCCCCCC)OC(=O)CCCC/C=C\C/C=C\C/C=C\C/C=C\CC. The first-order valence-electron chi connectivity index (χ1n) is 27.8. The van der Waals surface area contributed by atoms with E-state index >= 15 is 0 Å². The smallest absolute Gasteiger partial charge is 0.462 e. The van der Waals surface area contributed by atoms with Gasteiger partial charge in [0.15, 0.2) is 6.10 Å². The number of hydrogen-bond donors (Lipinski definition) is 2. The van der Waals surface area contributed by atoms with E-state index in [1.54, 1.807) is 0 Å². The second-order valence-electron chi connectivity index (χ2n) is 18.0. The highest BCUT2D eigenvalue weighted by Crippen LogP contribution is 2.43. The van der Waals surface area contributed by atoms with Crippen LogP contribution in [-0.4, -0.2) is 66.5 Å². The van der Waals surface area contributed by atoms with E-state index < -0.39 is 57.8 Å². The van der Waals surface area contributed by atoms with Gasteiger partial charge in [0.2, 0.25) is 0 Å². The van der Waals surface area contributed by atoms with E-state index in [1.165, 1.54) is 38.5 Å². The summed E-state index contributed by atoms with van der Waals surface area (Å²) in [5, 5.41) is 9.79. The van der Waals surface area contributed by atoms with Crippen molar-refractivity contribution >= 4 is 25.7 Å². The van der Waals surface area contributed by atoms with Gasteiger partial charge in [0, 0.05) is 19.3 Å². The summed E-state index contributed by atoms with van der Waals surface area (Å²) in [6.07, 6.45) is 63.4. The molecule has 0 aliphatic rings. The minimum atomic E-state index is -4.78. The Balaban J connectivity index is 4.85. The predicted octanol–water partition coefficient (Wildman–Crippen LogP) is 16.2. The third-order valence-electron chi connectivity index (χ3n) is 11.2. The number of aliphatic hydroxyl groups is 1. The molecule has 410 valence electrons. The summed E-state index contributed by atoms with van der Waals surface area (Å²) in [5.74, 6) is -1.58. The molecule has 0 rings (SSSR count). The molecule has 0 fully saturated rings. The van der Waals surface area contributed by atoms with Gasteiger partial charge >= 0.3 is 25.7 Å². The van der Waals surface area contributed by atoms with Crippen molar-refractivity contribution in [1.29, 1.82) is 0 Å². The molecular weight excluding hydrogens is 928 g/mol. The first-order valence-corrected chi connectivity index (χ1v) is 29.3. The highest BCUT2D eigenvalue weighted by Gasteiger charge is 2.28. The summed E-state index contributed by atoms with van der Waals surface area (Å²) < 4.78 is 39.4. The average Bonchev–Trinajstić information content (AvgIpc) is 3.37. The third kappa shape index (κ3) is 51.1. The summed E-state index contributed by atoms with van der Waals surface area (Å²) in [6.45, 7) is 4.29. The van der Waals surface area contributed by atoms with Crippen LogP contribution in [0, 0.1) is 0 Å². The number of hydrogen-bond acceptors (Lipinski definition) is 10. The molecule has 0 heterocycles. The number of carbonyl (C=O) groups is 3. The van der Waals surface area contributed by atoms with Crippen molar-refractivity contribution in [3.63, 3.8) is 0 Å². The fourth-order valence-corrected chi connectivity index (χ4v) is 7.76. The maximum atomic E-state index is 12.9. The van der Waals surface area contributed by atoms with E-state index in [2.05, 4.69) is 130 Å². The van der Waals surface area contributed by atoms with Crippen molar-refractivity contribution in [1.82, 2.24) is 0 Å². The molecule has 2 N–H and O–H groups in total. The Hall–Kier alpha value is -3.86. The van der Waals surface area contributed by atoms with Gasteiger partial charge in [-0.1, -0.05) is 182 Å². The Labute approximate surface area is 437 Å². The van der Waals surface area contributed by atoms with Crippen LogP contribution in [0.15, 0.2) is 109 Å². The van der Waals surface area contributed by atoms with Gasteiger partial charge in [-0.25, -0.2) is 4.57 Å². The lowest BCUT2D eigenvalue weighted by Gasteiger charge is -2.21. The van der Waals surface area contributed by atoms with Gasteiger partial charge in [-0.05, 0) is 122 Å². The second kappa shape index (κ2) is 53.4. The monoisotopic (exact) mass is 1030 g/mol. The summed E-state index contributed by atoms with van der Waals surface area (Å²) in [6, 6.07) is 0. The minimum Gasteiger partial charge on any atom is -0.462 e. The molecule has 0 saturated carbocycles. The number of ether oxygens (including phenoxy) is 3. The Morgan fingerprint density at radius 2 is 0.722 bits per heavy atom. The normalized spacial score (nSPS) is 14.2. The van der Waals surface area contributed by atoms with Crippen molar-refractivity contribution in [2.75, 3.05) is 26.4 Å². The number of esters is 3. The molecule has 0 saturated heterocycles. The molecular formula is C60H99O11P. The number of aliphatic hydroxyl groups excluding tert-OH is 1. The van der Waals surface area contributed by atoms with Crippen LogP contribution >= 0.6 is 7.82 Å². The lowest BCUT2D eigenvalue weighted by molar-refractivity contribution is -0.161. The standard InChI is InChI=1S/C60H99O11P/c1-4-7-10-13-16-19-22-25-28-31-34-37-40-43-46-49-58(62)67-53-57(71-60(64)51-48-45-42-39-36-33-30-27-24-21-18-15-12-9-6-3)55-69-72(65,66)68-54-56(52-61)70-59(63)50-47-44-41-38-35-32-29-26-23-20-17-14-11-8-5-2/h8-9,11-12,17-18,20-21,25-30,35-36,38-39,56-57,61H,4-7,10,13-16,19,22-24,31-34,37,40-55H2,1-3H3,(H,65,66)/b11-8-,12-9-,20-17-,21-18-,28-25-,29-26-,30-27-,38-35-,39-36-. The van der Waals surface area contributed by atoms with Crippen LogP contribution in [0.5, 0.6) is 0 Å². The molecule has 72 heavy (non-hydrogen) atoms. The molecule has 0 aromatic carbocycles. The molecule has 0 spiro atoms. The fourth-order valence-electron chi connectivity index (χ4n) is 6.98. The Bertz CT molecular complexity index is 1620. The van der Waals surface area contributed by atoms with Crippen molar-refractivity contribution < 1.29 is 52.2 Å². The van der Waals surface area contributed by atoms with Crippen molar-refractivity contribution in [3.05, 3.63) is 109 Å². The summed E-state index contributed by atoms with van der Waals surface area (Å²) in [7, 11) is -4.78. The zero-order chi connectivity index (χ0) is 52.7. The lowest BCUT2D eigenvalue weighted by atomic mass is 10.1. The summed E-state index contributed by atoms with van der Waals surface area (Å²) >= 11 is 0. The number of carbonyl (C=O) groups excluding carboxylic acids is 3. The van der Waals surface area contributed by atoms with E-state index in [0.29, 0.717) is 19.3 Å². The molecule has 3 unspecified atom stereocenters. The maximum absolute atomic E-state index is 12.9. The fraction of sp³-hybridized carbons (Fsp3) is 0.650. The molecule has 3 atom stereocenters. The van der Waals surface area contributed by atoms with Crippen LogP contribution in [0.25, 0.3) is 0 Å². The number of rotatable bonds is 50. The average molecular weight is 1030 g/mol. The highest BCUT2D eigenvalue weighted by atomic mass is 31.2. The van der Waals surface area contributed by atoms with Gasteiger partial charge in [-0.3, -0.25) is 23.4 Å². The minimum absolute atomic E-state index is 0.105. The van der Waals surface area contributed by atoms with Crippen LogP contribution in [0.3, 0.4) is 0 Å². The molecule has 0 aromatic rings. The quantitative estimate of drug-likeness (QED) is 0.0197. The molecule has 0 amide bonds. The highest BCUT2D eigenvalue weighted by molar-refractivity contribution is 7.47. The van der Waals surface area contributed by atoms with Crippen molar-refractivity contribution in [2.45, 2.75) is 226 Å². The van der Waals surface area contributed by atoms with E-state index in [4.69, 9.17) is 23.3 Å². The molecule has 0 aromatic heterocycles. The zero-order valence-electron chi connectivity index (χ0n) is 45.1. The number of allylic oxidation sites excluding steroid dienone is 18. The molecule has 12 heteroatoms. The van der Waals surface area contributed by atoms with E-state index in [1.807, 2.05) is 0 Å². The van der Waals surface area contributed by atoms with E-state index in [9.17, 15) is 28.9 Å².